The van der Waals surface area contributed by atoms with E-state index >= 15 is 0 Å². The molecule has 2 rings (SSSR count). The van der Waals surface area contributed by atoms with Crippen molar-refractivity contribution >= 4 is 17.7 Å². The minimum Gasteiger partial charge on any atom is -0.496 e. The van der Waals surface area contributed by atoms with Gasteiger partial charge in [-0.05, 0) is 30.4 Å². The first-order chi connectivity index (χ1) is 8.70. The molecule has 0 unspecified atom stereocenters. The second-order valence-electron chi connectivity index (χ2n) is 4.98. The molecule has 0 spiro atoms. The van der Waals surface area contributed by atoms with Crippen LogP contribution in [0, 0.1) is 0 Å². The van der Waals surface area contributed by atoms with Gasteiger partial charge in [0.05, 0.1) is 7.11 Å². The molecule has 0 heterocycles. The maximum atomic E-state index is 11.1. The SMILES string of the molecule is COc1cc(C2CCCCC2)ccc1CC(=O)S. The van der Waals surface area contributed by atoms with Gasteiger partial charge in [-0.25, -0.2) is 0 Å². The smallest absolute Gasteiger partial charge is 0.190 e. The average molecular weight is 264 g/mol. The molecule has 0 N–H and O–H groups in total. The summed E-state index contributed by atoms with van der Waals surface area (Å²) in [6, 6.07) is 6.25. The van der Waals surface area contributed by atoms with E-state index in [4.69, 9.17) is 4.74 Å². The highest BCUT2D eigenvalue weighted by Gasteiger charge is 2.17. The first-order valence-corrected chi connectivity index (χ1v) is 7.04. The molecule has 1 aromatic carbocycles. The number of methoxy groups -OCH3 is 1. The summed E-state index contributed by atoms with van der Waals surface area (Å²) in [5, 5.41) is -0.126. The standard InChI is InChI=1S/C15H20O2S/c1-17-14-9-12(11-5-3-2-4-6-11)7-8-13(14)10-15(16)18/h7-9,11H,2-6,10H2,1H3,(H,16,18). The summed E-state index contributed by atoms with van der Waals surface area (Å²) in [6.45, 7) is 0. The Hall–Kier alpha value is -0.960. The highest BCUT2D eigenvalue weighted by atomic mass is 32.1. The van der Waals surface area contributed by atoms with Crippen LogP contribution >= 0.6 is 12.6 Å². The fourth-order valence-corrected chi connectivity index (χ4v) is 2.93. The number of carbonyl (C=O) groups excluding carboxylic acids is 1. The Bertz CT molecular complexity index is 423. The lowest BCUT2D eigenvalue weighted by Crippen LogP contribution is -2.06. The topological polar surface area (TPSA) is 26.3 Å². The summed E-state index contributed by atoms with van der Waals surface area (Å²) >= 11 is 3.83. The largest absolute Gasteiger partial charge is 0.496 e. The van der Waals surface area contributed by atoms with Crippen molar-refractivity contribution < 1.29 is 9.53 Å². The second-order valence-corrected chi connectivity index (χ2v) is 5.48. The molecule has 3 heteroatoms. The van der Waals surface area contributed by atoms with Crippen LogP contribution in [0.3, 0.4) is 0 Å². The molecule has 0 aliphatic heterocycles. The number of carbonyl (C=O) groups is 1. The Morgan fingerprint density at radius 2 is 2.06 bits per heavy atom. The van der Waals surface area contributed by atoms with Crippen LogP contribution in [0.5, 0.6) is 5.75 Å². The predicted molar refractivity (Wildman–Crippen MR) is 76.5 cm³/mol. The van der Waals surface area contributed by atoms with Gasteiger partial charge in [0.15, 0.2) is 5.12 Å². The van der Waals surface area contributed by atoms with E-state index < -0.39 is 0 Å². The number of rotatable bonds is 4. The van der Waals surface area contributed by atoms with Gasteiger partial charge in [-0.3, -0.25) is 4.79 Å². The third kappa shape index (κ3) is 3.29. The van der Waals surface area contributed by atoms with Gasteiger partial charge < -0.3 is 4.74 Å². The summed E-state index contributed by atoms with van der Waals surface area (Å²) in [5.74, 6) is 1.48. The minimum absolute atomic E-state index is 0.126. The van der Waals surface area contributed by atoms with Crippen molar-refractivity contribution in [3.05, 3.63) is 29.3 Å². The van der Waals surface area contributed by atoms with Gasteiger partial charge in [0.2, 0.25) is 0 Å². The lowest BCUT2D eigenvalue weighted by molar-refractivity contribution is -0.110. The molecule has 0 saturated heterocycles. The van der Waals surface area contributed by atoms with E-state index in [1.807, 2.05) is 6.07 Å². The van der Waals surface area contributed by atoms with Gasteiger partial charge in [0, 0.05) is 12.0 Å². The van der Waals surface area contributed by atoms with Crippen LogP contribution in [0.15, 0.2) is 18.2 Å². The fraction of sp³-hybridized carbons (Fsp3) is 0.533. The molecule has 1 saturated carbocycles. The van der Waals surface area contributed by atoms with Crippen molar-refractivity contribution in [3.63, 3.8) is 0 Å². The number of ether oxygens (including phenoxy) is 1. The Kier molecular flexibility index (Phi) is 4.70. The van der Waals surface area contributed by atoms with Gasteiger partial charge >= 0.3 is 0 Å². The summed E-state index contributed by atoms with van der Waals surface area (Å²) in [4.78, 5) is 11.1. The van der Waals surface area contributed by atoms with E-state index in [-0.39, 0.29) is 5.12 Å². The van der Waals surface area contributed by atoms with Gasteiger partial charge in [-0.2, -0.15) is 0 Å². The molecule has 0 aromatic heterocycles. The summed E-state index contributed by atoms with van der Waals surface area (Å²) in [5.41, 5.74) is 2.28. The quantitative estimate of drug-likeness (QED) is 0.838. The molecule has 0 atom stereocenters. The van der Waals surface area contributed by atoms with E-state index in [1.165, 1.54) is 37.7 Å². The normalized spacial score (nSPS) is 16.6. The van der Waals surface area contributed by atoms with E-state index in [0.29, 0.717) is 12.3 Å². The van der Waals surface area contributed by atoms with Crippen LogP contribution in [0.1, 0.15) is 49.1 Å². The average Bonchev–Trinajstić information content (AvgIpc) is 2.39. The first-order valence-electron chi connectivity index (χ1n) is 6.59. The Morgan fingerprint density at radius 1 is 1.33 bits per heavy atom. The van der Waals surface area contributed by atoms with Crippen molar-refractivity contribution in [1.82, 2.24) is 0 Å². The third-order valence-electron chi connectivity index (χ3n) is 3.73. The number of thiol groups is 1. The molecule has 1 fully saturated rings. The monoisotopic (exact) mass is 264 g/mol. The third-order valence-corrected chi connectivity index (χ3v) is 3.89. The highest BCUT2D eigenvalue weighted by Crippen LogP contribution is 2.35. The molecule has 98 valence electrons. The minimum atomic E-state index is -0.126. The maximum Gasteiger partial charge on any atom is 0.190 e. The van der Waals surface area contributed by atoms with Crippen molar-refractivity contribution in [3.8, 4) is 5.75 Å². The van der Waals surface area contributed by atoms with Crippen LogP contribution in [0.4, 0.5) is 0 Å². The zero-order valence-corrected chi connectivity index (χ0v) is 11.7. The number of hydrogen-bond acceptors (Lipinski definition) is 2. The van der Waals surface area contributed by atoms with E-state index in [9.17, 15) is 4.79 Å². The molecular formula is C15H20O2S. The van der Waals surface area contributed by atoms with Crippen LogP contribution in [0.25, 0.3) is 0 Å². The Labute approximate surface area is 114 Å². The lowest BCUT2D eigenvalue weighted by Gasteiger charge is -2.22. The van der Waals surface area contributed by atoms with Crippen molar-refractivity contribution in [2.75, 3.05) is 7.11 Å². The van der Waals surface area contributed by atoms with Crippen molar-refractivity contribution in [1.29, 1.82) is 0 Å². The molecule has 1 aromatic rings. The van der Waals surface area contributed by atoms with E-state index in [2.05, 4.69) is 24.8 Å². The second kappa shape index (κ2) is 6.28. The summed E-state index contributed by atoms with van der Waals surface area (Å²) in [7, 11) is 1.66. The van der Waals surface area contributed by atoms with Crippen molar-refractivity contribution in [2.24, 2.45) is 0 Å². The van der Waals surface area contributed by atoms with Gasteiger partial charge in [0.1, 0.15) is 5.75 Å². The summed E-state index contributed by atoms with van der Waals surface area (Å²) in [6.07, 6.45) is 6.88. The predicted octanol–water partition coefficient (Wildman–Crippen LogP) is 3.74. The van der Waals surface area contributed by atoms with Crippen LogP contribution in [-0.2, 0) is 11.2 Å². The molecular weight excluding hydrogens is 244 g/mol. The molecule has 18 heavy (non-hydrogen) atoms. The van der Waals surface area contributed by atoms with E-state index in [1.54, 1.807) is 7.11 Å². The number of hydrogen-bond donors (Lipinski definition) is 1. The Balaban J connectivity index is 2.20. The zero-order chi connectivity index (χ0) is 13.0. The van der Waals surface area contributed by atoms with Crippen LogP contribution in [0.2, 0.25) is 0 Å². The molecule has 0 bridgehead atoms. The maximum absolute atomic E-state index is 11.1. The molecule has 0 radical (unpaired) electrons. The molecule has 2 nitrogen and oxygen atoms in total. The van der Waals surface area contributed by atoms with Crippen molar-refractivity contribution in [2.45, 2.75) is 44.4 Å². The molecule has 0 amide bonds. The molecule has 1 aliphatic rings. The first kappa shape index (κ1) is 13.5. The summed E-state index contributed by atoms with van der Waals surface area (Å²) < 4.78 is 5.39. The van der Waals surface area contributed by atoms with Crippen LogP contribution in [-0.4, -0.2) is 12.2 Å². The van der Waals surface area contributed by atoms with Gasteiger partial charge in [-0.1, -0.05) is 31.4 Å². The van der Waals surface area contributed by atoms with Gasteiger partial charge in [-0.15, -0.1) is 12.6 Å². The fourth-order valence-electron chi connectivity index (χ4n) is 2.76. The molecule has 1 aliphatic carbocycles. The number of benzene rings is 1. The van der Waals surface area contributed by atoms with Crippen LogP contribution < -0.4 is 4.74 Å². The zero-order valence-electron chi connectivity index (χ0n) is 10.8. The highest BCUT2D eigenvalue weighted by molar-refractivity contribution is 7.96. The lowest BCUT2D eigenvalue weighted by atomic mass is 9.83. The van der Waals surface area contributed by atoms with Gasteiger partial charge in [0.25, 0.3) is 0 Å². The van der Waals surface area contributed by atoms with E-state index in [0.717, 1.165) is 11.3 Å². The Morgan fingerprint density at radius 3 is 2.67 bits per heavy atom.